The second-order valence-electron chi connectivity index (χ2n) is 7.51. The highest BCUT2D eigenvalue weighted by atomic mass is 32.2. The van der Waals surface area contributed by atoms with Gasteiger partial charge in [0.1, 0.15) is 5.65 Å². The van der Waals surface area contributed by atoms with E-state index in [1.165, 1.54) is 0 Å². The van der Waals surface area contributed by atoms with Gasteiger partial charge >= 0.3 is 0 Å². The Kier molecular flexibility index (Phi) is 4.67. The molecule has 0 spiro atoms. The van der Waals surface area contributed by atoms with E-state index in [9.17, 15) is 8.42 Å². The fraction of sp³-hybridized carbons (Fsp3) is 0.174. The molecule has 2 heterocycles. The van der Waals surface area contributed by atoms with Crippen LogP contribution in [0.5, 0.6) is 0 Å². The summed E-state index contributed by atoms with van der Waals surface area (Å²) in [5.41, 5.74) is 6.67. The van der Waals surface area contributed by atoms with E-state index in [1.807, 2.05) is 87.0 Å². The highest BCUT2D eigenvalue weighted by Crippen LogP contribution is 2.27. The molecule has 0 bridgehead atoms. The fourth-order valence-electron chi connectivity index (χ4n) is 3.76. The van der Waals surface area contributed by atoms with Gasteiger partial charge in [0.2, 0.25) is 0 Å². The van der Waals surface area contributed by atoms with Gasteiger partial charge < -0.3 is 4.40 Å². The van der Waals surface area contributed by atoms with E-state index in [0.717, 1.165) is 39.2 Å². The van der Waals surface area contributed by atoms with Gasteiger partial charge in [0.25, 0.3) is 10.0 Å². The number of fused-ring (bicyclic) bond motifs is 1. The van der Waals surface area contributed by atoms with E-state index in [-0.39, 0.29) is 0 Å². The molecule has 4 aromatic rings. The number of pyridine rings is 1. The monoisotopic (exact) mass is 405 g/mol. The first-order valence-corrected chi connectivity index (χ1v) is 10.9. The van der Waals surface area contributed by atoms with Crippen LogP contribution in [-0.2, 0) is 10.0 Å². The molecule has 148 valence electrons. The summed E-state index contributed by atoms with van der Waals surface area (Å²) >= 11 is 0. The molecule has 0 saturated heterocycles. The number of nitrogens with zero attached hydrogens (tertiary/aromatic N) is 2. The predicted octanol–water partition coefficient (Wildman–Crippen LogP) is 5.04. The largest absolute Gasteiger partial charge is 0.306 e. The van der Waals surface area contributed by atoms with Crippen molar-refractivity contribution in [1.82, 2.24) is 9.38 Å². The van der Waals surface area contributed by atoms with Gasteiger partial charge in [-0.05, 0) is 68.7 Å². The van der Waals surface area contributed by atoms with Crippen LogP contribution in [0.2, 0.25) is 0 Å². The van der Waals surface area contributed by atoms with Gasteiger partial charge in [-0.1, -0.05) is 29.8 Å². The molecule has 2 aromatic heterocycles. The van der Waals surface area contributed by atoms with Crippen LogP contribution in [0.25, 0.3) is 16.9 Å². The zero-order valence-corrected chi connectivity index (χ0v) is 17.7. The van der Waals surface area contributed by atoms with Gasteiger partial charge in [-0.3, -0.25) is 4.72 Å². The van der Waals surface area contributed by atoms with E-state index >= 15 is 0 Å². The average molecular weight is 406 g/mol. The van der Waals surface area contributed by atoms with Gasteiger partial charge in [0.15, 0.2) is 0 Å². The number of sulfonamides is 1. The van der Waals surface area contributed by atoms with E-state index in [2.05, 4.69) is 9.71 Å². The molecule has 0 fully saturated rings. The maximum Gasteiger partial charge on any atom is 0.262 e. The third kappa shape index (κ3) is 3.76. The Morgan fingerprint density at radius 3 is 2.34 bits per heavy atom. The molecule has 6 heteroatoms. The molecule has 4 rings (SSSR count). The van der Waals surface area contributed by atoms with Crippen molar-refractivity contribution in [2.24, 2.45) is 0 Å². The Morgan fingerprint density at radius 2 is 1.62 bits per heavy atom. The number of benzene rings is 2. The lowest BCUT2D eigenvalue weighted by atomic mass is 10.1. The summed E-state index contributed by atoms with van der Waals surface area (Å²) in [5, 5.41) is 0. The quantitative estimate of drug-likeness (QED) is 0.518. The van der Waals surface area contributed by atoms with E-state index in [1.54, 1.807) is 6.07 Å². The van der Waals surface area contributed by atoms with Gasteiger partial charge in [-0.2, -0.15) is 0 Å². The molecule has 1 N–H and O–H groups in total. The molecule has 29 heavy (non-hydrogen) atoms. The maximum atomic E-state index is 13.0. The summed E-state index contributed by atoms with van der Waals surface area (Å²) in [6, 6.07) is 15.1. The summed E-state index contributed by atoms with van der Waals surface area (Å²) in [7, 11) is -3.70. The highest BCUT2D eigenvalue weighted by Gasteiger charge is 2.20. The maximum absolute atomic E-state index is 13.0. The third-order valence-electron chi connectivity index (χ3n) is 4.90. The molecular weight excluding hydrogens is 382 g/mol. The minimum Gasteiger partial charge on any atom is -0.306 e. The SMILES string of the molecule is Cc1cc(C)c(S(=O)(=O)Nc2cccc(-c3cn4ccc(C)cc4n3)c2)c(C)c1. The van der Waals surface area contributed by atoms with Crippen molar-refractivity contribution in [3.05, 3.63) is 83.2 Å². The molecule has 0 unspecified atom stereocenters. The van der Waals surface area contributed by atoms with Crippen molar-refractivity contribution in [2.45, 2.75) is 32.6 Å². The summed E-state index contributed by atoms with van der Waals surface area (Å²) in [4.78, 5) is 4.99. The molecule has 0 atom stereocenters. The third-order valence-corrected chi connectivity index (χ3v) is 6.59. The first-order valence-electron chi connectivity index (χ1n) is 9.39. The number of aromatic nitrogens is 2. The average Bonchev–Trinajstić information content (AvgIpc) is 3.03. The summed E-state index contributed by atoms with van der Waals surface area (Å²) in [6.07, 6.45) is 3.91. The smallest absolute Gasteiger partial charge is 0.262 e. The van der Waals surface area contributed by atoms with Crippen molar-refractivity contribution in [1.29, 1.82) is 0 Å². The van der Waals surface area contributed by atoms with Crippen LogP contribution in [0.15, 0.2) is 65.8 Å². The molecule has 0 aliphatic heterocycles. The van der Waals surface area contributed by atoms with Crippen LogP contribution in [-0.4, -0.2) is 17.8 Å². The fourth-order valence-corrected chi connectivity index (χ4v) is 5.27. The van der Waals surface area contributed by atoms with Crippen LogP contribution in [0.1, 0.15) is 22.3 Å². The molecule has 0 aliphatic rings. The number of aryl methyl sites for hydroxylation is 4. The molecule has 0 amide bonds. The number of nitrogens with one attached hydrogen (secondary N) is 1. The Balaban J connectivity index is 1.70. The second-order valence-corrected chi connectivity index (χ2v) is 9.13. The van der Waals surface area contributed by atoms with Gasteiger partial charge in [-0.25, -0.2) is 13.4 Å². The van der Waals surface area contributed by atoms with Crippen LogP contribution in [0, 0.1) is 27.7 Å². The topological polar surface area (TPSA) is 63.5 Å². The number of hydrogen-bond donors (Lipinski definition) is 1. The van der Waals surface area contributed by atoms with Crippen LogP contribution >= 0.6 is 0 Å². The second kappa shape index (κ2) is 7.04. The standard InChI is InChI=1S/C23H23N3O2S/c1-15-8-9-26-14-21(24-22(26)12-15)19-6-5-7-20(13-19)25-29(27,28)23-17(3)10-16(2)11-18(23)4/h5-14,25H,1-4H3. The van der Waals surface area contributed by atoms with Crippen molar-refractivity contribution < 1.29 is 8.42 Å². The number of imidazole rings is 1. The Bertz CT molecular complexity index is 1310. The normalized spacial score (nSPS) is 11.7. The number of hydrogen-bond acceptors (Lipinski definition) is 3. The molecule has 0 radical (unpaired) electrons. The van der Waals surface area contributed by atoms with Gasteiger partial charge in [0.05, 0.1) is 10.6 Å². The highest BCUT2D eigenvalue weighted by molar-refractivity contribution is 7.92. The van der Waals surface area contributed by atoms with Crippen molar-refractivity contribution in [3.63, 3.8) is 0 Å². The van der Waals surface area contributed by atoms with Crippen LogP contribution in [0.3, 0.4) is 0 Å². The Morgan fingerprint density at radius 1 is 0.897 bits per heavy atom. The summed E-state index contributed by atoms with van der Waals surface area (Å²) in [5.74, 6) is 0. The van der Waals surface area contributed by atoms with E-state index < -0.39 is 10.0 Å². The molecule has 0 saturated carbocycles. The van der Waals surface area contributed by atoms with E-state index in [4.69, 9.17) is 0 Å². The summed E-state index contributed by atoms with van der Waals surface area (Å²) in [6.45, 7) is 7.63. The molecule has 2 aromatic carbocycles. The lowest BCUT2D eigenvalue weighted by Crippen LogP contribution is -2.16. The van der Waals surface area contributed by atoms with Crippen LogP contribution in [0.4, 0.5) is 5.69 Å². The minimum absolute atomic E-state index is 0.330. The zero-order chi connectivity index (χ0) is 20.8. The predicted molar refractivity (Wildman–Crippen MR) is 117 cm³/mol. The summed E-state index contributed by atoms with van der Waals surface area (Å²) < 4.78 is 30.8. The molecular formula is C23H23N3O2S. The molecule has 0 aliphatic carbocycles. The van der Waals surface area contributed by atoms with Crippen molar-refractivity contribution in [2.75, 3.05) is 4.72 Å². The number of rotatable bonds is 4. The van der Waals surface area contributed by atoms with E-state index in [0.29, 0.717) is 10.6 Å². The number of anilines is 1. The van der Waals surface area contributed by atoms with Crippen molar-refractivity contribution in [3.8, 4) is 11.3 Å². The molecule has 5 nitrogen and oxygen atoms in total. The van der Waals surface area contributed by atoms with Crippen molar-refractivity contribution >= 4 is 21.4 Å². The first kappa shape index (κ1) is 19.2. The lowest BCUT2D eigenvalue weighted by molar-refractivity contribution is 0.600. The van der Waals surface area contributed by atoms with Crippen LogP contribution < -0.4 is 4.72 Å². The first-order chi connectivity index (χ1) is 13.7. The minimum atomic E-state index is -3.70. The Labute approximate surface area is 171 Å². The van der Waals surface area contributed by atoms with Gasteiger partial charge in [0, 0.05) is 23.6 Å². The van der Waals surface area contributed by atoms with Gasteiger partial charge in [-0.15, -0.1) is 0 Å². The lowest BCUT2D eigenvalue weighted by Gasteiger charge is -2.14. The Hall–Kier alpha value is -3.12. The zero-order valence-electron chi connectivity index (χ0n) is 16.9.